The van der Waals surface area contributed by atoms with Crippen LogP contribution in [-0.4, -0.2) is 22.0 Å². The van der Waals surface area contributed by atoms with Gasteiger partial charge in [-0.25, -0.2) is 0 Å². The number of nitrogens with zero attached hydrogens (tertiary/aromatic N) is 2. The van der Waals surface area contributed by atoms with E-state index in [4.69, 9.17) is 5.73 Å². The van der Waals surface area contributed by atoms with Gasteiger partial charge in [-0.15, -0.1) is 0 Å². The van der Waals surface area contributed by atoms with Crippen LogP contribution in [0.1, 0.15) is 108 Å². The van der Waals surface area contributed by atoms with Crippen molar-refractivity contribution in [2.75, 3.05) is 6.54 Å². The van der Waals surface area contributed by atoms with Gasteiger partial charge in [0.25, 0.3) is 0 Å². The minimum absolute atomic E-state index is 0.864. The van der Waals surface area contributed by atoms with E-state index in [2.05, 4.69) is 15.4 Å². The molecule has 0 bridgehead atoms. The van der Waals surface area contributed by atoms with E-state index in [9.17, 15) is 0 Å². The van der Waals surface area contributed by atoms with Crippen LogP contribution in [0.5, 0.6) is 0 Å². The molecule has 3 N–H and O–H groups in total. The van der Waals surface area contributed by atoms with Gasteiger partial charge in [0.05, 0.1) is 11.9 Å². The molecule has 0 aliphatic rings. The lowest BCUT2D eigenvalue weighted by molar-refractivity contribution is 0.528. The molecule has 4 nitrogen and oxygen atoms in total. The molecule has 1 rings (SSSR count). The first-order chi connectivity index (χ1) is 11.9. The van der Waals surface area contributed by atoms with E-state index < -0.39 is 0 Å². The summed E-state index contributed by atoms with van der Waals surface area (Å²) in [7, 11) is 0. The molecule has 0 aliphatic heterocycles. The molecule has 24 heavy (non-hydrogen) atoms. The summed E-state index contributed by atoms with van der Waals surface area (Å²) in [5.41, 5.74) is 6.60. The average Bonchev–Trinajstić information content (AvgIpc) is 3.11. The largest absolute Gasteiger partial charge is 0.330 e. The van der Waals surface area contributed by atoms with E-state index in [1.807, 2.05) is 6.20 Å². The molecule has 0 atom stereocenters. The Balaban J connectivity index is 1.66. The van der Waals surface area contributed by atoms with Crippen molar-refractivity contribution >= 4 is 0 Å². The SMILES string of the molecule is NCCCCCCCCCCCCCCCCCCc1cn[nH]n1. The summed E-state index contributed by atoms with van der Waals surface area (Å²) >= 11 is 0. The van der Waals surface area contributed by atoms with E-state index in [1.54, 1.807) is 0 Å². The highest BCUT2D eigenvalue weighted by atomic mass is 15.3. The fraction of sp³-hybridized carbons (Fsp3) is 0.900. The van der Waals surface area contributed by atoms with Gasteiger partial charge in [0.2, 0.25) is 0 Å². The predicted molar refractivity (Wildman–Crippen MR) is 103 cm³/mol. The van der Waals surface area contributed by atoms with Crippen LogP contribution >= 0.6 is 0 Å². The maximum Gasteiger partial charge on any atom is 0.0824 e. The summed E-state index contributed by atoms with van der Waals surface area (Å²) in [4.78, 5) is 0. The Labute approximate surface area is 149 Å². The van der Waals surface area contributed by atoms with Crippen LogP contribution in [0.2, 0.25) is 0 Å². The Kier molecular flexibility index (Phi) is 14.9. The van der Waals surface area contributed by atoms with Crippen molar-refractivity contribution in [3.63, 3.8) is 0 Å². The Morgan fingerprint density at radius 1 is 0.625 bits per heavy atom. The van der Waals surface area contributed by atoms with Crippen LogP contribution in [0.25, 0.3) is 0 Å². The molecule has 0 unspecified atom stereocenters. The summed E-state index contributed by atoms with van der Waals surface area (Å²) in [6, 6.07) is 0. The number of aromatic amines is 1. The number of aromatic nitrogens is 3. The first-order valence-electron chi connectivity index (χ1n) is 10.5. The Morgan fingerprint density at radius 2 is 1.04 bits per heavy atom. The molecular weight excluding hydrogens is 296 g/mol. The average molecular weight is 337 g/mol. The number of hydrogen-bond acceptors (Lipinski definition) is 3. The highest BCUT2D eigenvalue weighted by Crippen LogP contribution is 2.14. The zero-order chi connectivity index (χ0) is 17.1. The fourth-order valence-corrected chi connectivity index (χ4v) is 3.27. The zero-order valence-corrected chi connectivity index (χ0v) is 15.8. The summed E-state index contributed by atoms with van der Waals surface area (Å²) in [6.07, 6.45) is 25.1. The molecule has 1 aromatic heterocycles. The van der Waals surface area contributed by atoms with Crippen molar-refractivity contribution in [1.82, 2.24) is 15.4 Å². The van der Waals surface area contributed by atoms with Gasteiger partial charge in [-0.2, -0.15) is 15.4 Å². The van der Waals surface area contributed by atoms with Crippen LogP contribution in [0.3, 0.4) is 0 Å². The molecule has 0 spiro atoms. The molecule has 0 fully saturated rings. The molecule has 0 saturated carbocycles. The Hall–Kier alpha value is -0.900. The van der Waals surface area contributed by atoms with E-state index in [0.717, 1.165) is 18.7 Å². The second-order valence-electron chi connectivity index (χ2n) is 7.16. The number of nitrogens with one attached hydrogen (secondary N) is 1. The summed E-state index contributed by atoms with van der Waals surface area (Å²) in [5, 5.41) is 10.6. The molecule has 0 aliphatic carbocycles. The molecular formula is C20H40N4. The minimum atomic E-state index is 0.864. The second-order valence-corrected chi connectivity index (χ2v) is 7.16. The van der Waals surface area contributed by atoms with Crippen molar-refractivity contribution in [2.24, 2.45) is 5.73 Å². The number of nitrogens with two attached hydrogens (primary N) is 1. The molecule has 0 amide bonds. The number of unbranched alkanes of at least 4 members (excludes halogenated alkanes) is 15. The highest BCUT2D eigenvalue weighted by Gasteiger charge is 1.97. The number of H-pyrrole nitrogens is 1. The maximum absolute atomic E-state index is 5.50. The van der Waals surface area contributed by atoms with Crippen LogP contribution in [0, 0.1) is 0 Å². The fourth-order valence-electron chi connectivity index (χ4n) is 3.27. The lowest BCUT2D eigenvalue weighted by atomic mass is 10.0. The van der Waals surface area contributed by atoms with Crippen LogP contribution in [-0.2, 0) is 6.42 Å². The van der Waals surface area contributed by atoms with Gasteiger partial charge in [-0.05, 0) is 25.8 Å². The summed E-state index contributed by atoms with van der Waals surface area (Å²) in [5.74, 6) is 0. The quantitative estimate of drug-likeness (QED) is 0.345. The third kappa shape index (κ3) is 13.5. The third-order valence-corrected chi connectivity index (χ3v) is 4.85. The van der Waals surface area contributed by atoms with E-state index >= 15 is 0 Å². The second kappa shape index (κ2) is 16.9. The predicted octanol–water partition coefficient (Wildman–Crippen LogP) is 5.55. The molecule has 0 saturated heterocycles. The molecule has 1 heterocycles. The molecule has 1 aromatic rings. The molecule has 0 radical (unpaired) electrons. The monoisotopic (exact) mass is 336 g/mol. The van der Waals surface area contributed by atoms with Crippen molar-refractivity contribution in [3.05, 3.63) is 11.9 Å². The van der Waals surface area contributed by atoms with Crippen molar-refractivity contribution in [1.29, 1.82) is 0 Å². The van der Waals surface area contributed by atoms with Crippen LogP contribution < -0.4 is 5.73 Å². The van der Waals surface area contributed by atoms with Gasteiger partial charge >= 0.3 is 0 Å². The van der Waals surface area contributed by atoms with Gasteiger partial charge in [0.15, 0.2) is 0 Å². The smallest absolute Gasteiger partial charge is 0.0824 e. The number of hydrogen-bond donors (Lipinski definition) is 2. The minimum Gasteiger partial charge on any atom is -0.330 e. The lowest BCUT2D eigenvalue weighted by Crippen LogP contribution is -1.97. The van der Waals surface area contributed by atoms with Crippen molar-refractivity contribution in [3.8, 4) is 0 Å². The molecule has 140 valence electrons. The number of rotatable bonds is 18. The lowest BCUT2D eigenvalue weighted by Gasteiger charge is -2.03. The highest BCUT2D eigenvalue weighted by molar-refractivity contribution is 4.89. The van der Waals surface area contributed by atoms with E-state index in [0.29, 0.717) is 0 Å². The standard InChI is InChI=1S/C20H40N4/c21-18-16-14-12-10-8-6-4-2-1-3-5-7-9-11-13-15-17-20-19-22-24-23-20/h19H,1-18,21H2,(H,22,23,24). The first kappa shape index (κ1) is 21.1. The molecule has 4 heteroatoms. The zero-order valence-electron chi connectivity index (χ0n) is 15.8. The first-order valence-corrected chi connectivity index (χ1v) is 10.5. The van der Waals surface area contributed by atoms with E-state index in [1.165, 1.54) is 103 Å². The molecule has 0 aromatic carbocycles. The van der Waals surface area contributed by atoms with Gasteiger partial charge < -0.3 is 5.73 Å². The van der Waals surface area contributed by atoms with Crippen LogP contribution in [0.4, 0.5) is 0 Å². The normalized spacial score (nSPS) is 11.2. The topological polar surface area (TPSA) is 67.6 Å². The van der Waals surface area contributed by atoms with E-state index in [-0.39, 0.29) is 0 Å². The van der Waals surface area contributed by atoms with Crippen LogP contribution in [0.15, 0.2) is 6.20 Å². The van der Waals surface area contributed by atoms with Gasteiger partial charge in [0, 0.05) is 0 Å². The third-order valence-electron chi connectivity index (χ3n) is 4.85. The maximum atomic E-state index is 5.50. The Morgan fingerprint density at radius 3 is 1.42 bits per heavy atom. The van der Waals surface area contributed by atoms with Crippen molar-refractivity contribution in [2.45, 2.75) is 109 Å². The van der Waals surface area contributed by atoms with Gasteiger partial charge in [-0.3, -0.25) is 0 Å². The van der Waals surface area contributed by atoms with Gasteiger partial charge in [-0.1, -0.05) is 89.9 Å². The summed E-state index contributed by atoms with van der Waals surface area (Å²) in [6.45, 7) is 0.864. The van der Waals surface area contributed by atoms with Crippen molar-refractivity contribution < 1.29 is 0 Å². The van der Waals surface area contributed by atoms with Gasteiger partial charge in [0.1, 0.15) is 0 Å². The summed E-state index contributed by atoms with van der Waals surface area (Å²) < 4.78 is 0. The Bertz CT molecular complexity index is 337. The number of aryl methyl sites for hydroxylation is 1.